The third-order valence-electron chi connectivity index (χ3n) is 2.93. The summed E-state index contributed by atoms with van der Waals surface area (Å²) < 4.78 is 66.4. The number of benzene rings is 1. The molecular formula is C15H13F3N2O4S. The second kappa shape index (κ2) is 7.09. The molecule has 10 heteroatoms. The van der Waals surface area contributed by atoms with Gasteiger partial charge in [-0.1, -0.05) is 12.1 Å². The molecule has 1 N–H and O–H groups in total. The number of nitrogens with zero attached hydrogens (tertiary/aromatic N) is 1. The molecule has 0 unspecified atom stereocenters. The summed E-state index contributed by atoms with van der Waals surface area (Å²) >= 11 is 0. The standard InChI is InChI=1S/C15H13F3N2O4S/c1-25(22,23)20-14(21)11-4-2-10(3-5-11)9-24-12-6-7-13(19-8-12)15(16,17)18/h2-8H,9H2,1H3,(H,20,21). The van der Waals surface area contributed by atoms with E-state index in [2.05, 4.69) is 4.98 Å². The molecule has 0 saturated carbocycles. The number of hydrogen-bond acceptors (Lipinski definition) is 5. The lowest BCUT2D eigenvalue weighted by Gasteiger charge is -2.09. The van der Waals surface area contributed by atoms with Gasteiger partial charge in [-0.25, -0.2) is 18.1 Å². The van der Waals surface area contributed by atoms with Crippen LogP contribution in [0.5, 0.6) is 5.75 Å². The van der Waals surface area contributed by atoms with Crippen LogP contribution >= 0.6 is 0 Å². The van der Waals surface area contributed by atoms with Crippen LogP contribution in [0.4, 0.5) is 13.2 Å². The Kier molecular flexibility index (Phi) is 5.31. The lowest BCUT2D eigenvalue weighted by molar-refractivity contribution is -0.141. The van der Waals surface area contributed by atoms with Crippen LogP contribution in [0.3, 0.4) is 0 Å². The van der Waals surface area contributed by atoms with Gasteiger partial charge in [-0.05, 0) is 29.8 Å². The quantitative estimate of drug-likeness (QED) is 0.869. The van der Waals surface area contributed by atoms with E-state index in [1.807, 2.05) is 4.72 Å². The van der Waals surface area contributed by atoms with Gasteiger partial charge in [0.1, 0.15) is 18.1 Å². The van der Waals surface area contributed by atoms with Crippen molar-refractivity contribution in [2.24, 2.45) is 0 Å². The lowest BCUT2D eigenvalue weighted by Crippen LogP contribution is -2.29. The minimum Gasteiger partial charge on any atom is -0.487 e. The van der Waals surface area contributed by atoms with Gasteiger partial charge in [0, 0.05) is 5.56 Å². The monoisotopic (exact) mass is 374 g/mol. The number of ether oxygens (including phenoxy) is 1. The maximum Gasteiger partial charge on any atom is 0.433 e. The number of sulfonamides is 1. The number of pyridine rings is 1. The molecule has 25 heavy (non-hydrogen) atoms. The van der Waals surface area contributed by atoms with Crippen molar-refractivity contribution in [3.05, 3.63) is 59.4 Å². The molecule has 2 aromatic rings. The summed E-state index contributed by atoms with van der Waals surface area (Å²) in [5, 5.41) is 0. The number of halogens is 3. The zero-order valence-corrected chi connectivity index (χ0v) is 13.7. The Morgan fingerprint density at radius 3 is 2.28 bits per heavy atom. The van der Waals surface area contributed by atoms with Crippen LogP contribution in [0.1, 0.15) is 21.6 Å². The van der Waals surface area contributed by atoms with E-state index >= 15 is 0 Å². The fraction of sp³-hybridized carbons (Fsp3) is 0.200. The topological polar surface area (TPSA) is 85.4 Å². The number of carbonyl (C=O) groups is 1. The number of nitrogens with one attached hydrogen (secondary N) is 1. The van der Waals surface area contributed by atoms with Crippen LogP contribution in [-0.2, 0) is 22.8 Å². The molecule has 0 aliphatic rings. The Morgan fingerprint density at radius 1 is 1.16 bits per heavy atom. The highest BCUT2D eigenvalue weighted by Gasteiger charge is 2.32. The first kappa shape index (κ1) is 18.7. The summed E-state index contributed by atoms with van der Waals surface area (Å²) in [6.45, 7) is 0.0427. The number of alkyl halides is 3. The molecule has 1 aromatic heterocycles. The summed E-state index contributed by atoms with van der Waals surface area (Å²) in [5.41, 5.74) is -0.234. The Balaban J connectivity index is 1.97. The van der Waals surface area contributed by atoms with Crippen molar-refractivity contribution >= 4 is 15.9 Å². The normalized spacial score (nSPS) is 11.8. The average molecular weight is 374 g/mol. The molecule has 0 fully saturated rings. The van der Waals surface area contributed by atoms with Gasteiger partial charge in [0.05, 0.1) is 12.5 Å². The molecule has 0 radical (unpaired) electrons. The van der Waals surface area contributed by atoms with Crippen LogP contribution in [0.25, 0.3) is 0 Å². The molecule has 0 spiro atoms. The molecule has 0 saturated heterocycles. The molecule has 0 atom stereocenters. The largest absolute Gasteiger partial charge is 0.487 e. The fourth-order valence-electron chi connectivity index (χ4n) is 1.78. The minimum absolute atomic E-state index is 0.0427. The van der Waals surface area contributed by atoms with Crippen molar-refractivity contribution in [1.82, 2.24) is 9.71 Å². The minimum atomic E-state index is -4.51. The SMILES string of the molecule is CS(=O)(=O)NC(=O)c1ccc(COc2ccc(C(F)(F)F)nc2)cc1. The Morgan fingerprint density at radius 2 is 1.80 bits per heavy atom. The van der Waals surface area contributed by atoms with Gasteiger partial charge in [0.15, 0.2) is 0 Å². The molecule has 1 amide bonds. The highest BCUT2D eigenvalue weighted by Crippen LogP contribution is 2.28. The van der Waals surface area contributed by atoms with E-state index in [9.17, 15) is 26.4 Å². The van der Waals surface area contributed by atoms with E-state index in [1.54, 1.807) is 0 Å². The smallest absolute Gasteiger partial charge is 0.433 e. The summed E-state index contributed by atoms with van der Waals surface area (Å²) in [6.07, 6.45) is -2.68. The van der Waals surface area contributed by atoms with Crippen molar-refractivity contribution in [1.29, 1.82) is 0 Å². The number of hydrogen-bond donors (Lipinski definition) is 1. The van der Waals surface area contributed by atoms with Crippen molar-refractivity contribution in [2.75, 3.05) is 6.26 Å². The zero-order valence-electron chi connectivity index (χ0n) is 12.9. The first-order chi connectivity index (χ1) is 11.5. The molecule has 6 nitrogen and oxygen atoms in total. The average Bonchev–Trinajstić information content (AvgIpc) is 2.51. The predicted octanol–water partition coefficient (Wildman–Crippen LogP) is 2.37. The van der Waals surface area contributed by atoms with Gasteiger partial charge in [0.2, 0.25) is 10.0 Å². The van der Waals surface area contributed by atoms with E-state index in [0.29, 0.717) is 5.56 Å². The van der Waals surface area contributed by atoms with Crippen LogP contribution in [-0.4, -0.2) is 25.6 Å². The van der Waals surface area contributed by atoms with Gasteiger partial charge in [-0.2, -0.15) is 13.2 Å². The summed E-state index contributed by atoms with van der Waals surface area (Å²) in [5.74, 6) is -0.603. The maximum atomic E-state index is 12.4. The summed E-state index contributed by atoms with van der Waals surface area (Å²) in [7, 11) is -3.65. The van der Waals surface area contributed by atoms with Crippen molar-refractivity contribution in [3.63, 3.8) is 0 Å². The highest BCUT2D eigenvalue weighted by molar-refractivity contribution is 7.89. The highest BCUT2D eigenvalue weighted by atomic mass is 32.2. The Hall–Kier alpha value is -2.62. The number of carbonyl (C=O) groups excluding carboxylic acids is 1. The van der Waals surface area contributed by atoms with Gasteiger partial charge in [-0.3, -0.25) is 4.79 Å². The molecular weight excluding hydrogens is 361 g/mol. The molecule has 134 valence electrons. The Bertz CT molecular complexity index is 848. The molecule has 2 rings (SSSR count). The molecule has 0 aliphatic heterocycles. The molecule has 1 heterocycles. The van der Waals surface area contributed by atoms with Crippen molar-refractivity contribution in [3.8, 4) is 5.75 Å². The van der Waals surface area contributed by atoms with E-state index < -0.39 is 27.8 Å². The van der Waals surface area contributed by atoms with Gasteiger partial charge in [0.25, 0.3) is 5.91 Å². The number of rotatable bonds is 5. The molecule has 1 aromatic carbocycles. The van der Waals surface area contributed by atoms with Crippen LogP contribution < -0.4 is 9.46 Å². The van der Waals surface area contributed by atoms with Gasteiger partial charge >= 0.3 is 6.18 Å². The predicted molar refractivity (Wildman–Crippen MR) is 82.3 cm³/mol. The first-order valence-electron chi connectivity index (χ1n) is 6.82. The molecule has 0 bridgehead atoms. The second-order valence-electron chi connectivity index (χ2n) is 5.07. The first-order valence-corrected chi connectivity index (χ1v) is 8.71. The van der Waals surface area contributed by atoms with Crippen molar-refractivity contribution < 1.29 is 31.1 Å². The summed E-state index contributed by atoms with van der Waals surface area (Å²) in [4.78, 5) is 14.9. The van der Waals surface area contributed by atoms with Crippen molar-refractivity contribution in [2.45, 2.75) is 12.8 Å². The second-order valence-corrected chi connectivity index (χ2v) is 6.81. The van der Waals surface area contributed by atoms with E-state index in [1.165, 1.54) is 24.3 Å². The van der Waals surface area contributed by atoms with Crippen LogP contribution in [0, 0.1) is 0 Å². The Labute approximate surface area is 141 Å². The van der Waals surface area contributed by atoms with Gasteiger partial charge < -0.3 is 4.74 Å². The van der Waals surface area contributed by atoms with E-state index in [0.717, 1.165) is 24.6 Å². The maximum absolute atomic E-state index is 12.4. The molecule has 0 aliphatic carbocycles. The third-order valence-corrected chi connectivity index (χ3v) is 3.48. The summed E-state index contributed by atoms with van der Waals surface area (Å²) in [6, 6.07) is 7.86. The van der Waals surface area contributed by atoms with E-state index in [4.69, 9.17) is 4.74 Å². The zero-order chi connectivity index (χ0) is 18.7. The van der Waals surface area contributed by atoms with Crippen LogP contribution in [0.2, 0.25) is 0 Å². The number of amides is 1. The number of aromatic nitrogens is 1. The van der Waals surface area contributed by atoms with Gasteiger partial charge in [-0.15, -0.1) is 0 Å². The lowest BCUT2D eigenvalue weighted by atomic mass is 10.1. The fourth-order valence-corrected chi connectivity index (χ4v) is 2.23. The third kappa shape index (κ3) is 5.75. The van der Waals surface area contributed by atoms with E-state index in [-0.39, 0.29) is 17.9 Å². The van der Waals surface area contributed by atoms with Crippen LogP contribution in [0.15, 0.2) is 42.6 Å².